The second kappa shape index (κ2) is 12.8. The summed E-state index contributed by atoms with van der Waals surface area (Å²) in [6.45, 7) is 5.57. The number of thioether (sulfide) groups is 1. The monoisotopic (exact) mass is 655 g/mol. The van der Waals surface area contributed by atoms with E-state index in [4.69, 9.17) is 0 Å². The van der Waals surface area contributed by atoms with Crippen molar-refractivity contribution in [2.24, 2.45) is 4.99 Å². The van der Waals surface area contributed by atoms with Crippen molar-refractivity contribution < 1.29 is 31.9 Å². The lowest BCUT2D eigenvalue weighted by Gasteiger charge is -2.24. The van der Waals surface area contributed by atoms with Crippen LogP contribution in [0.3, 0.4) is 0 Å². The van der Waals surface area contributed by atoms with Gasteiger partial charge in [0.2, 0.25) is 5.91 Å². The topological polar surface area (TPSA) is 105 Å². The van der Waals surface area contributed by atoms with Crippen LogP contribution < -0.4 is 19.9 Å². The Bertz CT molecular complexity index is 1820. The number of nitrogens with zero attached hydrogens (tertiary/aromatic N) is 6. The number of rotatable bonds is 7. The molecule has 0 unspecified atom stereocenters. The SMILES string of the molecule is Cc1cc(-n2cnc(-c3ccc(OC(F)(F)F)cc3)n2)ccc1NC(=O)/N=C1\SCC(=O)N1c1cc(N(C)C)c(F)cc1C(C)C. The van der Waals surface area contributed by atoms with Crippen LogP contribution in [-0.2, 0) is 4.79 Å². The number of hydrogen-bond donors (Lipinski definition) is 1. The van der Waals surface area contributed by atoms with Crippen molar-refractivity contribution in [1.29, 1.82) is 0 Å². The zero-order chi connectivity index (χ0) is 33.3. The number of aromatic nitrogens is 3. The molecule has 0 bridgehead atoms. The molecule has 1 N–H and O–H groups in total. The van der Waals surface area contributed by atoms with Gasteiger partial charge < -0.3 is 15.0 Å². The molecule has 10 nitrogen and oxygen atoms in total. The number of aliphatic imine (C=N–C) groups is 1. The van der Waals surface area contributed by atoms with Crippen LogP contribution in [0.15, 0.2) is 65.9 Å². The average Bonchev–Trinajstić information content (AvgIpc) is 3.60. The summed E-state index contributed by atoms with van der Waals surface area (Å²) in [6, 6.07) is 12.6. The van der Waals surface area contributed by atoms with Gasteiger partial charge in [0.1, 0.15) is 17.9 Å². The Balaban J connectivity index is 1.33. The first kappa shape index (κ1) is 32.5. The van der Waals surface area contributed by atoms with Crippen molar-refractivity contribution in [2.45, 2.75) is 33.1 Å². The van der Waals surface area contributed by atoms with E-state index in [1.165, 1.54) is 46.2 Å². The van der Waals surface area contributed by atoms with E-state index in [-0.39, 0.29) is 34.3 Å². The molecule has 0 spiro atoms. The summed E-state index contributed by atoms with van der Waals surface area (Å²) in [4.78, 5) is 37.4. The van der Waals surface area contributed by atoms with Crippen LogP contribution in [0.1, 0.15) is 30.9 Å². The maximum Gasteiger partial charge on any atom is 0.573 e. The van der Waals surface area contributed by atoms with Gasteiger partial charge >= 0.3 is 12.4 Å². The second-order valence-electron chi connectivity index (χ2n) is 10.8. The van der Waals surface area contributed by atoms with Crippen molar-refractivity contribution in [3.8, 4) is 22.8 Å². The third-order valence-electron chi connectivity index (χ3n) is 6.96. The first-order valence-corrected chi connectivity index (χ1v) is 14.9. The number of anilines is 3. The first-order valence-electron chi connectivity index (χ1n) is 13.9. The summed E-state index contributed by atoms with van der Waals surface area (Å²) >= 11 is 1.12. The fraction of sp³-hybridized carbons (Fsp3) is 0.258. The number of carbonyl (C=O) groups excluding carboxylic acids is 2. The standard InChI is InChI=1S/C31H29F4N7O3S/c1-17(2)22-13-23(32)26(40(4)5)14-25(22)42-27(43)15-46-30(42)38-29(44)37-24-11-8-20(12-18(24)3)41-16-36-28(39-41)19-6-9-21(10-7-19)45-31(33,34)35/h6-14,16-17H,15H2,1-5H3,(H,37,44)/b38-30-. The van der Waals surface area contributed by atoms with E-state index in [0.717, 1.165) is 11.8 Å². The number of amidine groups is 1. The molecule has 1 aromatic heterocycles. The maximum absolute atomic E-state index is 14.8. The largest absolute Gasteiger partial charge is 0.573 e. The minimum atomic E-state index is -4.79. The third-order valence-corrected chi connectivity index (χ3v) is 7.88. The number of aryl methyl sites for hydroxylation is 1. The van der Waals surface area contributed by atoms with E-state index in [9.17, 15) is 27.2 Å². The second-order valence-corrected chi connectivity index (χ2v) is 11.8. The number of halogens is 4. The van der Waals surface area contributed by atoms with Gasteiger partial charge in [0.25, 0.3) is 0 Å². The van der Waals surface area contributed by atoms with Crippen molar-refractivity contribution in [1.82, 2.24) is 14.8 Å². The molecule has 2 heterocycles. The molecule has 5 rings (SSSR count). The highest BCUT2D eigenvalue weighted by Gasteiger charge is 2.34. The number of alkyl halides is 3. The summed E-state index contributed by atoms with van der Waals surface area (Å²) in [7, 11) is 3.41. The number of benzene rings is 3. The van der Waals surface area contributed by atoms with Crippen LogP contribution in [0.2, 0.25) is 0 Å². The molecule has 1 fully saturated rings. The van der Waals surface area contributed by atoms with Crippen LogP contribution in [0.4, 0.5) is 39.4 Å². The summed E-state index contributed by atoms with van der Waals surface area (Å²) in [5.74, 6) is -0.769. The normalized spacial score (nSPS) is 14.3. The zero-order valence-electron chi connectivity index (χ0n) is 25.4. The molecule has 1 saturated heterocycles. The van der Waals surface area contributed by atoms with E-state index >= 15 is 0 Å². The molecule has 1 aliphatic heterocycles. The average molecular weight is 656 g/mol. The molecule has 15 heteroatoms. The highest BCUT2D eigenvalue weighted by Crippen LogP contribution is 2.37. The van der Waals surface area contributed by atoms with Gasteiger partial charge in [0.05, 0.1) is 22.8 Å². The van der Waals surface area contributed by atoms with Crippen molar-refractivity contribution >= 4 is 45.9 Å². The molecule has 0 atom stereocenters. The lowest BCUT2D eigenvalue weighted by Crippen LogP contribution is -2.31. The van der Waals surface area contributed by atoms with E-state index in [2.05, 4.69) is 25.1 Å². The predicted octanol–water partition coefficient (Wildman–Crippen LogP) is 7.14. The van der Waals surface area contributed by atoms with Gasteiger partial charge in [0.15, 0.2) is 11.0 Å². The fourth-order valence-corrected chi connectivity index (χ4v) is 5.59. The minimum Gasteiger partial charge on any atom is -0.406 e. The molecule has 0 saturated carbocycles. The van der Waals surface area contributed by atoms with Crippen molar-refractivity contribution in [3.63, 3.8) is 0 Å². The number of urea groups is 1. The van der Waals surface area contributed by atoms with E-state index in [0.29, 0.717) is 39.4 Å². The molecule has 0 aliphatic carbocycles. The number of amides is 3. The molecule has 0 radical (unpaired) electrons. The Morgan fingerprint density at radius 3 is 2.46 bits per heavy atom. The van der Waals surface area contributed by atoms with Crippen LogP contribution in [-0.4, -0.2) is 58.1 Å². The van der Waals surface area contributed by atoms with Gasteiger partial charge in [-0.25, -0.2) is 18.9 Å². The van der Waals surface area contributed by atoms with Gasteiger partial charge in [-0.15, -0.1) is 18.3 Å². The molecule has 240 valence electrons. The number of hydrogen-bond acceptors (Lipinski definition) is 7. The zero-order valence-corrected chi connectivity index (χ0v) is 26.2. The Hall–Kier alpha value is -4.92. The van der Waals surface area contributed by atoms with Gasteiger partial charge in [-0.1, -0.05) is 25.6 Å². The fourth-order valence-electron chi connectivity index (χ4n) is 4.73. The molecular formula is C31H29F4N7O3S. The minimum absolute atomic E-state index is 0.0808. The van der Waals surface area contributed by atoms with Gasteiger partial charge in [-0.3, -0.25) is 9.69 Å². The Morgan fingerprint density at radius 1 is 1.11 bits per heavy atom. The summed E-state index contributed by atoms with van der Waals surface area (Å²) in [5, 5.41) is 7.34. The summed E-state index contributed by atoms with van der Waals surface area (Å²) in [5.41, 5.74) is 3.65. The van der Waals surface area contributed by atoms with E-state index in [1.54, 1.807) is 50.2 Å². The lowest BCUT2D eigenvalue weighted by molar-refractivity contribution is -0.274. The number of ether oxygens (including phenoxy) is 1. The quantitative estimate of drug-likeness (QED) is 0.211. The number of nitrogens with one attached hydrogen (secondary N) is 1. The van der Waals surface area contributed by atoms with Crippen LogP contribution in [0, 0.1) is 12.7 Å². The Morgan fingerprint density at radius 2 is 1.83 bits per heavy atom. The van der Waals surface area contributed by atoms with Crippen LogP contribution in [0.25, 0.3) is 17.1 Å². The third kappa shape index (κ3) is 7.14. The number of carbonyl (C=O) groups is 2. The molecule has 1 aliphatic rings. The van der Waals surface area contributed by atoms with E-state index in [1.807, 2.05) is 13.8 Å². The molecule has 46 heavy (non-hydrogen) atoms. The summed E-state index contributed by atoms with van der Waals surface area (Å²) in [6.07, 6.45) is -3.33. The predicted molar refractivity (Wildman–Crippen MR) is 169 cm³/mol. The maximum atomic E-state index is 14.8. The van der Waals surface area contributed by atoms with Gasteiger partial charge in [-0.05, 0) is 78.6 Å². The molecular weight excluding hydrogens is 626 g/mol. The Kier molecular flexibility index (Phi) is 9.06. The van der Waals surface area contributed by atoms with Crippen molar-refractivity contribution in [2.75, 3.05) is 35.0 Å². The summed E-state index contributed by atoms with van der Waals surface area (Å²) < 4.78 is 57.5. The van der Waals surface area contributed by atoms with Crippen LogP contribution in [0.5, 0.6) is 5.75 Å². The van der Waals surface area contributed by atoms with Crippen LogP contribution >= 0.6 is 11.8 Å². The highest BCUT2D eigenvalue weighted by atomic mass is 32.2. The molecule has 3 aromatic carbocycles. The van der Waals surface area contributed by atoms with E-state index < -0.39 is 18.2 Å². The molecule has 4 aromatic rings. The van der Waals surface area contributed by atoms with Crippen molar-refractivity contribution in [3.05, 3.63) is 77.9 Å². The highest BCUT2D eigenvalue weighted by molar-refractivity contribution is 8.15. The molecule has 3 amide bonds. The Labute approximate surface area is 266 Å². The smallest absolute Gasteiger partial charge is 0.406 e. The van der Waals surface area contributed by atoms with Gasteiger partial charge in [0, 0.05) is 25.3 Å². The van der Waals surface area contributed by atoms with Gasteiger partial charge in [-0.2, -0.15) is 4.99 Å². The lowest BCUT2D eigenvalue weighted by atomic mass is 9.99. The first-order chi connectivity index (χ1) is 21.7.